The zero-order valence-corrected chi connectivity index (χ0v) is 18.4. The summed E-state index contributed by atoms with van der Waals surface area (Å²) in [5.41, 5.74) is 1.68. The maximum atomic E-state index is 13.1. The summed E-state index contributed by atoms with van der Waals surface area (Å²) >= 11 is 14.2. The molecule has 4 rings (SSSR count). The maximum Gasteiger partial charge on any atom is 0.266 e. The number of benzene rings is 2. The van der Waals surface area contributed by atoms with Gasteiger partial charge in [0.1, 0.15) is 5.82 Å². The molecule has 2 heterocycles. The van der Waals surface area contributed by atoms with Crippen molar-refractivity contribution in [3.05, 3.63) is 95.8 Å². The van der Waals surface area contributed by atoms with Crippen LogP contribution in [0.2, 0.25) is 10.0 Å². The molecule has 1 aliphatic rings. The van der Waals surface area contributed by atoms with Gasteiger partial charge in [-0.05, 0) is 70.1 Å². The largest absolute Gasteiger partial charge is 0.288 e. The molecular formula is C21H15Cl2IN2O2. The fraction of sp³-hybridized carbons (Fsp3) is 0.143. The predicted molar refractivity (Wildman–Crippen MR) is 120 cm³/mol. The molecule has 142 valence electrons. The number of hydrogen-bond acceptors (Lipinski definition) is 2. The van der Waals surface area contributed by atoms with E-state index in [0.29, 0.717) is 19.4 Å². The number of amides is 1. The highest BCUT2D eigenvalue weighted by molar-refractivity contribution is 14.1. The van der Waals surface area contributed by atoms with E-state index in [2.05, 4.69) is 0 Å². The Kier molecular flexibility index (Phi) is 5.24. The van der Waals surface area contributed by atoms with Gasteiger partial charge in [0.25, 0.3) is 5.56 Å². The zero-order chi connectivity index (χ0) is 20.0. The molecule has 0 saturated heterocycles. The van der Waals surface area contributed by atoms with E-state index in [0.717, 1.165) is 11.1 Å². The van der Waals surface area contributed by atoms with Gasteiger partial charge in [0.2, 0.25) is 5.91 Å². The fourth-order valence-electron chi connectivity index (χ4n) is 3.75. The van der Waals surface area contributed by atoms with Crippen LogP contribution in [0.5, 0.6) is 0 Å². The Morgan fingerprint density at radius 3 is 1.86 bits per heavy atom. The number of hydrogen-bond donors (Lipinski definition) is 0. The minimum Gasteiger partial charge on any atom is -0.288 e. The van der Waals surface area contributed by atoms with E-state index in [-0.39, 0.29) is 23.6 Å². The molecule has 0 saturated carbocycles. The monoisotopic (exact) mass is 524 g/mol. The van der Waals surface area contributed by atoms with Gasteiger partial charge in [-0.15, -0.1) is 0 Å². The van der Waals surface area contributed by atoms with Crippen molar-refractivity contribution in [3.8, 4) is 0 Å². The average molecular weight is 525 g/mol. The molecule has 2 unspecified atom stereocenters. The number of carbonyl (C=O) groups is 1. The molecule has 2 aromatic carbocycles. The quantitative estimate of drug-likeness (QED) is 0.418. The van der Waals surface area contributed by atoms with Crippen LogP contribution in [-0.2, 0) is 4.79 Å². The van der Waals surface area contributed by atoms with Crippen molar-refractivity contribution in [2.24, 2.45) is 0 Å². The highest BCUT2D eigenvalue weighted by Gasteiger charge is 2.43. The summed E-state index contributed by atoms with van der Waals surface area (Å²) in [5, 5.41) is 1.23. The van der Waals surface area contributed by atoms with Gasteiger partial charge in [0.15, 0.2) is 0 Å². The minimum atomic E-state index is -0.375. The fourth-order valence-corrected chi connectivity index (χ4v) is 4.44. The number of halogens is 3. The van der Waals surface area contributed by atoms with Crippen LogP contribution >= 0.6 is 45.8 Å². The summed E-state index contributed by atoms with van der Waals surface area (Å²) in [6, 6.07) is 17.6. The average Bonchev–Trinajstić information content (AvgIpc) is 3.02. The standard InChI is InChI=1S/C21H15Cl2IN2O2/c1-12(27)25-18-11-10-17(24)21(28)26(18)20(14-4-8-16(23)9-5-14)19(25)13-2-6-15(22)7-3-13/h2-11,19-20H,1H3. The van der Waals surface area contributed by atoms with Crippen LogP contribution in [0.25, 0.3) is 0 Å². The third-order valence-electron chi connectivity index (χ3n) is 4.91. The Labute approximate surface area is 185 Å². The molecule has 0 spiro atoms. The molecule has 0 radical (unpaired) electrons. The summed E-state index contributed by atoms with van der Waals surface area (Å²) in [6.45, 7) is 1.51. The van der Waals surface area contributed by atoms with Crippen LogP contribution in [0.4, 0.5) is 5.82 Å². The molecule has 0 aliphatic carbocycles. The number of anilines is 1. The SMILES string of the molecule is CC(=O)N1c2ccc(I)c(=O)n2C(c2ccc(Cl)cc2)C1c1ccc(Cl)cc1. The highest BCUT2D eigenvalue weighted by atomic mass is 127. The summed E-state index contributed by atoms with van der Waals surface area (Å²) < 4.78 is 2.30. The number of pyridine rings is 1. The van der Waals surface area contributed by atoms with E-state index >= 15 is 0 Å². The van der Waals surface area contributed by atoms with Gasteiger partial charge in [0, 0.05) is 17.0 Å². The van der Waals surface area contributed by atoms with Crippen molar-refractivity contribution in [1.82, 2.24) is 4.57 Å². The second kappa shape index (κ2) is 7.54. The van der Waals surface area contributed by atoms with E-state index in [1.807, 2.05) is 52.9 Å². The van der Waals surface area contributed by atoms with Gasteiger partial charge in [-0.2, -0.15) is 0 Å². The molecular weight excluding hydrogens is 510 g/mol. The Morgan fingerprint density at radius 1 is 0.857 bits per heavy atom. The molecule has 1 aliphatic heterocycles. The van der Waals surface area contributed by atoms with Crippen LogP contribution in [-0.4, -0.2) is 10.5 Å². The molecule has 0 N–H and O–H groups in total. The first-order valence-corrected chi connectivity index (χ1v) is 10.4. The summed E-state index contributed by atoms with van der Waals surface area (Å²) in [4.78, 5) is 27.4. The van der Waals surface area contributed by atoms with Gasteiger partial charge in [0.05, 0.1) is 15.7 Å². The van der Waals surface area contributed by atoms with Crippen LogP contribution < -0.4 is 10.5 Å². The lowest BCUT2D eigenvalue weighted by atomic mass is 9.93. The van der Waals surface area contributed by atoms with Gasteiger partial charge in [-0.3, -0.25) is 19.1 Å². The molecule has 3 aromatic rings. The van der Waals surface area contributed by atoms with E-state index in [1.165, 1.54) is 6.92 Å². The normalized spacial score (nSPS) is 18.2. The maximum absolute atomic E-state index is 13.1. The first-order chi connectivity index (χ1) is 13.4. The van der Waals surface area contributed by atoms with Crippen LogP contribution in [0.3, 0.4) is 0 Å². The van der Waals surface area contributed by atoms with Gasteiger partial charge in [-0.25, -0.2) is 0 Å². The first-order valence-electron chi connectivity index (χ1n) is 8.60. The smallest absolute Gasteiger partial charge is 0.266 e. The molecule has 4 nitrogen and oxygen atoms in total. The summed E-state index contributed by atoms with van der Waals surface area (Å²) in [6.07, 6.45) is 0. The predicted octanol–water partition coefficient (Wildman–Crippen LogP) is 5.46. The van der Waals surface area contributed by atoms with E-state index in [9.17, 15) is 9.59 Å². The molecule has 1 aromatic heterocycles. The molecule has 1 amide bonds. The number of rotatable bonds is 2. The third-order valence-corrected chi connectivity index (χ3v) is 6.24. The second-order valence-electron chi connectivity index (χ2n) is 6.60. The van der Waals surface area contributed by atoms with Crippen molar-refractivity contribution in [2.45, 2.75) is 19.0 Å². The minimum absolute atomic E-state index is 0.124. The van der Waals surface area contributed by atoms with E-state index in [4.69, 9.17) is 23.2 Å². The van der Waals surface area contributed by atoms with E-state index in [1.54, 1.807) is 39.8 Å². The number of fused-ring (bicyclic) bond motifs is 1. The Bertz CT molecular complexity index is 1110. The number of carbonyl (C=O) groups excluding carboxylic acids is 1. The van der Waals surface area contributed by atoms with Crippen molar-refractivity contribution in [2.75, 3.05) is 4.90 Å². The Balaban J connectivity index is 2.01. The first kappa shape index (κ1) is 19.5. The lowest BCUT2D eigenvalue weighted by Gasteiger charge is -2.27. The summed E-state index contributed by atoms with van der Waals surface area (Å²) in [7, 11) is 0. The van der Waals surface area contributed by atoms with Crippen LogP contribution in [0.1, 0.15) is 30.1 Å². The lowest BCUT2D eigenvalue weighted by molar-refractivity contribution is -0.117. The Morgan fingerprint density at radius 2 is 1.36 bits per heavy atom. The molecule has 28 heavy (non-hydrogen) atoms. The lowest BCUT2D eigenvalue weighted by Crippen LogP contribution is -2.31. The van der Waals surface area contributed by atoms with Gasteiger partial charge < -0.3 is 0 Å². The van der Waals surface area contributed by atoms with Gasteiger partial charge >= 0.3 is 0 Å². The van der Waals surface area contributed by atoms with E-state index < -0.39 is 0 Å². The van der Waals surface area contributed by atoms with Crippen molar-refractivity contribution in [3.63, 3.8) is 0 Å². The number of nitrogens with zero attached hydrogens (tertiary/aromatic N) is 2. The number of aromatic nitrogens is 1. The molecule has 7 heteroatoms. The van der Waals surface area contributed by atoms with Crippen molar-refractivity contribution in [1.29, 1.82) is 0 Å². The van der Waals surface area contributed by atoms with Crippen LogP contribution in [0.15, 0.2) is 65.5 Å². The highest BCUT2D eigenvalue weighted by Crippen LogP contribution is 2.46. The van der Waals surface area contributed by atoms with Crippen molar-refractivity contribution >= 4 is 57.5 Å². The zero-order valence-electron chi connectivity index (χ0n) is 14.8. The summed E-state index contributed by atoms with van der Waals surface area (Å²) in [5.74, 6) is 0.448. The van der Waals surface area contributed by atoms with Crippen LogP contribution in [0, 0.1) is 3.57 Å². The molecule has 0 fully saturated rings. The third kappa shape index (κ3) is 3.25. The van der Waals surface area contributed by atoms with Crippen molar-refractivity contribution < 1.29 is 4.79 Å². The van der Waals surface area contributed by atoms with Gasteiger partial charge in [-0.1, -0.05) is 47.5 Å². The molecule has 2 atom stereocenters. The molecule has 0 bridgehead atoms. The second-order valence-corrected chi connectivity index (χ2v) is 8.63. The topological polar surface area (TPSA) is 42.3 Å². The Hall–Kier alpha value is -1.83.